The van der Waals surface area contributed by atoms with Gasteiger partial charge in [0.15, 0.2) is 0 Å². The van der Waals surface area contributed by atoms with Crippen molar-refractivity contribution in [1.82, 2.24) is 9.47 Å². The van der Waals surface area contributed by atoms with Crippen molar-refractivity contribution in [2.75, 3.05) is 11.9 Å². The molecule has 3 aromatic rings. The van der Waals surface area contributed by atoms with Gasteiger partial charge in [0.1, 0.15) is 6.42 Å². The number of aryl methyl sites for hydroxylation is 2. The summed E-state index contributed by atoms with van der Waals surface area (Å²) in [4.78, 5) is 27.5. The minimum atomic E-state index is -0.317. The van der Waals surface area contributed by atoms with Gasteiger partial charge in [0.2, 0.25) is 11.8 Å². The Kier molecular flexibility index (Phi) is 5.64. The van der Waals surface area contributed by atoms with E-state index in [1.54, 1.807) is 4.90 Å². The minimum absolute atomic E-state index is 0.214. The predicted molar refractivity (Wildman–Crippen MR) is 119 cm³/mol. The summed E-state index contributed by atoms with van der Waals surface area (Å²) in [7, 11) is 0. The third-order valence-corrected chi connectivity index (χ3v) is 6.01. The highest BCUT2D eigenvalue weighted by Crippen LogP contribution is 2.36. The number of nitrogens with one attached hydrogen (secondary N) is 1. The van der Waals surface area contributed by atoms with Crippen LogP contribution >= 0.6 is 11.6 Å². The second-order valence-corrected chi connectivity index (χ2v) is 8.07. The monoisotopic (exact) mass is 421 g/mol. The van der Waals surface area contributed by atoms with E-state index in [0.29, 0.717) is 23.8 Å². The average Bonchev–Trinajstić information content (AvgIpc) is 3.19. The van der Waals surface area contributed by atoms with Gasteiger partial charge >= 0.3 is 0 Å². The molecule has 30 heavy (non-hydrogen) atoms. The molecule has 0 unspecified atom stereocenters. The lowest BCUT2D eigenvalue weighted by Gasteiger charge is -2.37. The van der Waals surface area contributed by atoms with E-state index in [1.165, 1.54) is 0 Å². The lowest BCUT2D eigenvalue weighted by molar-refractivity contribution is -0.136. The fraction of sp³-hybridized carbons (Fsp3) is 0.250. The lowest BCUT2D eigenvalue weighted by atomic mass is 9.99. The zero-order valence-electron chi connectivity index (χ0n) is 17.1. The van der Waals surface area contributed by atoms with Crippen LogP contribution in [0.15, 0.2) is 60.8 Å². The summed E-state index contributed by atoms with van der Waals surface area (Å²) < 4.78 is 2.13. The van der Waals surface area contributed by atoms with E-state index in [1.807, 2.05) is 74.6 Å². The summed E-state index contributed by atoms with van der Waals surface area (Å²) in [6.45, 7) is 5.22. The van der Waals surface area contributed by atoms with E-state index in [4.69, 9.17) is 11.6 Å². The van der Waals surface area contributed by atoms with Gasteiger partial charge in [0.05, 0.1) is 6.04 Å². The topological polar surface area (TPSA) is 54.3 Å². The largest absolute Gasteiger partial charge is 0.348 e. The fourth-order valence-corrected chi connectivity index (χ4v) is 4.18. The van der Waals surface area contributed by atoms with E-state index in [9.17, 15) is 9.59 Å². The molecule has 1 N–H and O–H groups in total. The summed E-state index contributed by atoms with van der Waals surface area (Å²) in [5.41, 5.74) is 4.81. The number of rotatable bonds is 4. The van der Waals surface area contributed by atoms with Gasteiger partial charge in [0, 0.05) is 35.7 Å². The molecule has 1 aromatic heterocycles. The van der Waals surface area contributed by atoms with Gasteiger partial charge in [-0.25, -0.2) is 0 Å². The molecule has 0 spiro atoms. The van der Waals surface area contributed by atoms with Crippen molar-refractivity contribution in [2.24, 2.45) is 0 Å². The highest BCUT2D eigenvalue weighted by Gasteiger charge is 2.33. The molecular formula is C24H24ClN3O2. The van der Waals surface area contributed by atoms with Crippen molar-refractivity contribution in [3.05, 3.63) is 88.2 Å². The molecule has 4 rings (SSSR count). The van der Waals surface area contributed by atoms with Gasteiger partial charge in [-0.15, -0.1) is 0 Å². The van der Waals surface area contributed by atoms with Gasteiger partial charge in [-0.2, -0.15) is 0 Å². The number of hydrogen-bond acceptors (Lipinski definition) is 2. The van der Waals surface area contributed by atoms with Crippen LogP contribution in [0.4, 0.5) is 5.69 Å². The van der Waals surface area contributed by atoms with Crippen LogP contribution in [0.2, 0.25) is 5.02 Å². The van der Waals surface area contributed by atoms with Gasteiger partial charge in [-0.3, -0.25) is 9.59 Å². The van der Waals surface area contributed by atoms with Crippen molar-refractivity contribution in [3.8, 4) is 0 Å². The molecule has 1 aliphatic rings. The zero-order chi connectivity index (χ0) is 21.3. The Morgan fingerprint density at radius 3 is 2.60 bits per heavy atom. The van der Waals surface area contributed by atoms with Crippen molar-refractivity contribution >= 4 is 29.1 Å². The number of halogens is 1. The van der Waals surface area contributed by atoms with Crippen LogP contribution in [0.3, 0.4) is 0 Å². The molecule has 154 valence electrons. The summed E-state index contributed by atoms with van der Waals surface area (Å²) >= 11 is 6.48. The number of hydrogen-bond donors (Lipinski definition) is 1. The maximum absolute atomic E-state index is 13.2. The first-order valence-corrected chi connectivity index (χ1v) is 10.4. The van der Waals surface area contributed by atoms with Crippen LogP contribution in [0.1, 0.15) is 34.8 Å². The van der Waals surface area contributed by atoms with Crippen molar-refractivity contribution in [2.45, 2.75) is 32.9 Å². The Morgan fingerprint density at radius 2 is 1.83 bits per heavy atom. The molecule has 1 atom stereocenters. The van der Waals surface area contributed by atoms with E-state index in [2.05, 4.69) is 9.88 Å². The number of benzene rings is 2. The van der Waals surface area contributed by atoms with Crippen molar-refractivity contribution in [3.63, 3.8) is 0 Å². The Hall–Kier alpha value is -3.05. The van der Waals surface area contributed by atoms with Crippen LogP contribution in [0, 0.1) is 13.8 Å². The summed E-state index contributed by atoms with van der Waals surface area (Å²) in [6, 6.07) is 16.9. The molecule has 0 radical (unpaired) electrons. The average molecular weight is 422 g/mol. The molecule has 0 saturated carbocycles. The smallest absolute Gasteiger partial charge is 0.233 e. The predicted octanol–water partition coefficient (Wildman–Crippen LogP) is 4.72. The molecule has 0 bridgehead atoms. The number of fused-ring (bicyclic) bond motifs is 1. The normalized spacial score (nSPS) is 15.6. The van der Waals surface area contributed by atoms with E-state index in [0.717, 1.165) is 22.4 Å². The van der Waals surface area contributed by atoms with Crippen LogP contribution < -0.4 is 5.32 Å². The van der Waals surface area contributed by atoms with E-state index in [-0.39, 0.29) is 24.3 Å². The highest BCUT2D eigenvalue weighted by atomic mass is 35.5. The van der Waals surface area contributed by atoms with Gasteiger partial charge in [0.25, 0.3) is 0 Å². The molecule has 0 fully saturated rings. The SMILES string of the molecule is Cc1ccc(NC(=O)CC(=O)N2CCn3cccc3[C@@H]2c2ccccc2Cl)cc1C. The third kappa shape index (κ3) is 3.98. The lowest BCUT2D eigenvalue weighted by Crippen LogP contribution is -2.43. The Morgan fingerprint density at radius 1 is 1.03 bits per heavy atom. The number of carbonyl (C=O) groups is 2. The number of aromatic nitrogens is 1. The molecule has 2 heterocycles. The minimum Gasteiger partial charge on any atom is -0.348 e. The number of anilines is 1. The summed E-state index contributed by atoms with van der Waals surface area (Å²) in [6.07, 6.45) is 1.79. The Bertz CT molecular complexity index is 1110. The maximum Gasteiger partial charge on any atom is 0.233 e. The maximum atomic E-state index is 13.2. The fourth-order valence-electron chi connectivity index (χ4n) is 3.94. The highest BCUT2D eigenvalue weighted by molar-refractivity contribution is 6.31. The molecule has 2 amide bonds. The van der Waals surface area contributed by atoms with Crippen LogP contribution in [-0.2, 0) is 16.1 Å². The van der Waals surface area contributed by atoms with Gasteiger partial charge in [-0.05, 0) is 60.9 Å². The quantitative estimate of drug-likeness (QED) is 0.620. The first-order valence-electron chi connectivity index (χ1n) is 10.00. The zero-order valence-corrected chi connectivity index (χ0v) is 17.8. The molecule has 6 heteroatoms. The molecular weight excluding hydrogens is 398 g/mol. The number of amides is 2. The van der Waals surface area contributed by atoms with Gasteiger partial charge in [-0.1, -0.05) is 35.9 Å². The third-order valence-electron chi connectivity index (χ3n) is 5.66. The molecule has 0 saturated heterocycles. The Balaban J connectivity index is 1.55. The number of nitrogens with zero attached hydrogens (tertiary/aromatic N) is 2. The summed E-state index contributed by atoms with van der Waals surface area (Å²) in [5.74, 6) is -0.532. The molecule has 5 nitrogen and oxygen atoms in total. The molecule has 2 aromatic carbocycles. The first kappa shape index (κ1) is 20.2. The first-order chi connectivity index (χ1) is 14.4. The van der Waals surface area contributed by atoms with Gasteiger partial charge < -0.3 is 14.8 Å². The van der Waals surface area contributed by atoms with Crippen LogP contribution in [0.25, 0.3) is 0 Å². The van der Waals surface area contributed by atoms with E-state index >= 15 is 0 Å². The van der Waals surface area contributed by atoms with E-state index < -0.39 is 0 Å². The second kappa shape index (κ2) is 8.36. The molecule has 1 aliphatic heterocycles. The number of carbonyl (C=O) groups excluding carboxylic acids is 2. The Labute approximate surface area is 181 Å². The standard InChI is InChI=1S/C24H24ClN3O2/c1-16-9-10-18(14-17(16)2)26-22(29)15-23(30)28-13-12-27-11-5-8-21(27)24(28)19-6-3-4-7-20(19)25/h3-11,14,24H,12-13,15H2,1-2H3,(H,26,29)/t24-/m0/s1. The van der Waals surface area contributed by atoms with Crippen LogP contribution in [-0.4, -0.2) is 27.8 Å². The molecule has 0 aliphatic carbocycles. The second-order valence-electron chi connectivity index (χ2n) is 7.66. The van der Waals surface area contributed by atoms with Crippen molar-refractivity contribution in [1.29, 1.82) is 0 Å². The van der Waals surface area contributed by atoms with Crippen LogP contribution in [0.5, 0.6) is 0 Å². The van der Waals surface area contributed by atoms with Crippen molar-refractivity contribution < 1.29 is 9.59 Å². The summed E-state index contributed by atoms with van der Waals surface area (Å²) in [5, 5.41) is 3.45.